The second-order valence-corrected chi connectivity index (χ2v) is 5.80. The monoisotopic (exact) mass is 335 g/mol. The number of hydrogen-bond donors (Lipinski definition) is 0. The molecule has 5 nitrogen and oxygen atoms in total. The molecule has 0 aliphatic heterocycles. The lowest BCUT2D eigenvalue weighted by Gasteiger charge is -2.22. The quantitative estimate of drug-likeness (QED) is 0.779. The Morgan fingerprint density at radius 2 is 2.04 bits per heavy atom. The summed E-state index contributed by atoms with van der Waals surface area (Å²) in [4.78, 5) is 20.1. The normalized spacial score (nSPS) is 11.0. The molecule has 1 amide bonds. The van der Waals surface area contributed by atoms with Gasteiger partial charge in [0.25, 0.3) is 0 Å². The minimum atomic E-state index is 0.110. The van der Waals surface area contributed by atoms with Crippen LogP contribution in [0.5, 0.6) is 0 Å². The van der Waals surface area contributed by atoms with Crippen LogP contribution in [0.2, 0.25) is 5.02 Å². The highest BCUT2D eigenvalue weighted by Crippen LogP contribution is 2.23. The van der Waals surface area contributed by atoms with Gasteiger partial charge in [0.1, 0.15) is 0 Å². The number of benzene rings is 1. The Morgan fingerprint density at radius 3 is 2.70 bits per heavy atom. The van der Waals surface area contributed by atoms with Crippen molar-refractivity contribution in [1.82, 2.24) is 14.8 Å². The first-order chi connectivity index (χ1) is 11.0. The summed E-state index contributed by atoms with van der Waals surface area (Å²) in [7, 11) is 1.88. The molecular weight excluding hydrogens is 314 g/mol. The highest BCUT2D eigenvalue weighted by molar-refractivity contribution is 6.30. The number of nitrogens with zero attached hydrogens (tertiary/aromatic N) is 3. The lowest BCUT2D eigenvalue weighted by Crippen LogP contribution is -2.38. The SMILES string of the molecule is CCN(CC)C(=O)CN(C)Cc1ncc(-c2cccc(Cl)c2)o1. The van der Waals surface area contributed by atoms with Crippen molar-refractivity contribution >= 4 is 17.5 Å². The molecule has 0 saturated heterocycles. The van der Waals surface area contributed by atoms with Gasteiger partial charge in [-0.05, 0) is 33.0 Å². The van der Waals surface area contributed by atoms with Crippen LogP contribution in [0.25, 0.3) is 11.3 Å². The van der Waals surface area contributed by atoms with E-state index in [0.717, 1.165) is 18.7 Å². The number of likely N-dealkylation sites (N-methyl/N-ethyl adjacent to an activating group) is 2. The predicted molar refractivity (Wildman–Crippen MR) is 91.2 cm³/mol. The number of carbonyl (C=O) groups excluding carboxylic acids is 1. The summed E-state index contributed by atoms with van der Waals surface area (Å²) in [5.74, 6) is 1.36. The van der Waals surface area contributed by atoms with Gasteiger partial charge in [0.2, 0.25) is 11.8 Å². The second kappa shape index (κ2) is 8.13. The van der Waals surface area contributed by atoms with Crippen LogP contribution in [0, 0.1) is 0 Å². The van der Waals surface area contributed by atoms with E-state index in [9.17, 15) is 4.79 Å². The molecule has 1 heterocycles. The largest absolute Gasteiger partial charge is 0.439 e. The number of halogens is 1. The highest BCUT2D eigenvalue weighted by Gasteiger charge is 2.15. The fourth-order valence-electron chi connectivity index (χ4n) is 2.35. The molecule has 0 N–H and O–H groups in total. The van der Waals surface area contributed by atoms with Crippen LogP contribution in [0.1, 0.15) is 19.7 Å². The maximum absolute atomic E-state index is 12.1. The molecule has 1 aromatic heterocycles. The van der Waals surface area contributed by atoms with E-state index in [0.29, 0.717) is 29.8 Å². The molecule has 6 heteroatoms. The van der Waals surface area contributed by atoms with Crippen LogP contribution >= 0.6 is 11.6 Å². The highest BCUT2D eigenvalue weighted by atomic mass is 35.5. The zero-order valence-electron chi connectivity index (χ0n) is 13.8. The number of oxazole rings is 1. The van der Waals surface area contributed by atoms with Crippen molar-refractivity contribution in [3.8, 4) is 11.3 Å². The number of amides is 1. The van der Waals surface area contributed by atoms with E-state index in [-0.39, 0.29) is 5.91 Å². The van der Waals surface area contributed by atoms with E-state index in [1.807, 2.05) is 55.0 Å². The Balaban J connectivity index is 1.97. The molecule has 0 bridgehead atoms. The molecule has 0 spiro atoms. The summed E-state index contributed by atoms with van der Waals surface area (Å²) in [5.41, 5.74) is 0.887. The third kappa shape index (κ3) is 4.81. The van der Waals surface area contributed by atoms with Crippen LogP contribution in [-0.4, -0.2) is 47.4 Å². The first kappa shape index (κ1) is 17.5. The van der Waals surface area contributed by atoms with Crippen LogP contribution in [0.15, 0.2) is 34.9 Å². The van der Waals surface area contributed by atoms with Crippen molar-refractivity contribution in [3.05, 3.63) is 41.4 Å². The van der Waals surface area contributed by atoms with Gasteiger partial charge in [-0.15, -0.1) is 0 Å². The second-order valence-electron chi connectivity index (χ2n) is 5.37. The summed E-state index contributed by atoms with van der Waals surface area (Å²) in [6.07, 6.45) is 1.68. The zero-order valence-corrected chi connectivity index (χ0v) is 14.5. The average Bonchev–Trinajstić information content (AvgIpc) is 2.96. The fraction of sp³-hybridized carbons (Fsp3) is 0.412. The molecule has 23 heavy (non-hydrogen) atoms. The van der Waals surface area contributed by atoms with E-state index < -0.39 is 0 Å². The van der Waals surface area contributed by atoms with Gasteiger partial charge in [-0.25, -0.2) is 4.98 Å². The topological polar surface area (TPSA) is 49.6 Å². The molecule has 124 valence electrons. The van der Waals surface area contributed by atoms with Crippen molar-refractivity contribution in [2.75, 3.05) is 26.7 Å². The van der Waals surface area contributed by atoms with Gasteiger partial charge >= 0.3 is 0 Å². The molecule has 1 aromatic carbocycles. The number of hydrogen-bond acceptors (Lipinski definition) is 4. The molecule has 2 rings (SSSR count). The summed E-state index contributed by atoms with van der Waals surface area (Å²) in [6, 6.07) is 7.44. The molecule has 0 atom stereocenters. The Labute approximate surface area is 141 Å². The van der Waals surface area contributed by atoms with Crippen LogP contribution in [0.3, 0.4) is 0 Å². The minimum Gasteiger partial charge on any atom is -0.439 e. The number of aromatic nitrogens is 1. The minimum absolute atomic E-state index is 0.110. The summed E-state index contributed by atoms with van der Waals surface area (Å²) < 4.78 is 5.75. The Kier molecular flexibility index (Phi) is 6.19. The summed E-state index contributed by atoms with van der Waals surface area (Å²) >= 11 is 5.99. The molecule has 0 radical (unpaired) electrons. The number of carbonyl (C=O) groups is 1. The third-order valence-corrected chi connectivity index (χ3v) is 3.82. The van der Waals surface area contributed by atoms with Crippen molar-refractivity contribution in [3.63, 3.8) is 0 Å². The summed E-state index contributed by atoms with van der Waals surface area (Å²) in [5, 5.41) is 0.655. The Morgan fingerprint density at radius 1 is 1.30 bits per heavy atom. The van der Waals surface area contributed by atoms with Gasteiger partial charge in [-0.2, -0.15) is 0 Å². The molecule has 0 aliphatic carbocycles. The van der Waals surface area contributed by atoms with Gasteiger partial charge in [-0.1, -0.05) is 23.7 Å². The first-order valence-corrected chi connectivity index (χ1v) is 8.08. The van der Waals surface area contributed by atoms with Crippen molar-refractivity contribution < 1.29 is 9.21 Å². The smallest absolute Gasteiger partial charge is 0.236 e. The zero-order chi connectivity index (χ0) is 16.8. The predicted octanol–water partition coefficient (Wildman–Crippen LogP) is 3.30. The standard InChI is InChI=1S/C17H22ClN3O2/c1-4-21(5-2)17(22)12-20(3)11-16-19-10-15(23-16)13-7-6-8-14(18)9-13/h6-10H,4-5,11-12H2,1-3H3. The van der Waals surface area contributed by atoms with Gasteiger partial charge in [-0.3, -0.25) is 9.69 Å². The van der Waals surface area contributed by atoms with E-state index in [1.54, 1.807) is 6.20 Å². The van der Waals surface area contributed by atoms with Crippen LogP contribution in [-0.2, 0) is 11.3 Å². The van der Waals surface area contributed by atoms with E-state index in [4.69, 9.17) is 16.0 Å². The van der Waals surface area contributed by atoms with Crippen molar-refractivity contribution in [2.24, 2.45) is 0 Å². The maximum Gasteiger partial charge on any atom is 0.236 e. The summed E-state index contributed by atoms with van der Waals surface area (Å²) in [6.45, 7) is 6.23. The van der Waals surface area contributed by atoms with Crippen molar-refractivity contribution in [2.45, 2.75) is 20.4 Å². The lowest BCUT2D eigenvalue weighted by molar-refractivity contribution is -0.131. The molecule has 0 aliphatic rings. The molecular formula is C17H22ClN3O2. The Hall–Kier alpha value is -1.85. The van der Waals surface area contributed by atoms with Gasteiger partial charge < -0.3 is 9.32 Å². The fourth-order valence-corrected chi connectivity index (χ4v) is 2.54. The van der Waals surface area contributed by atoms with E-state index >= 15 is 0 Å². The van der Waals surface area contributed by atoms with Gasteiger partial charge in [0.05, 0.1) is 19.3 Å². The van der Waals surface area contributed by atoms with E-state index in [2.05, 4.69) is 4.98 Å². The van der Waals surface area contributed by atoms with Crippen LogP contribution in [0.4, 0.5) is 0 Å². The lowest BCUT2D eigenvalue weighted by atomic mass is 10.2. The molecule has 0 fully saturated rings. The molecule has 0 unspecified atom stereocenters. The Bertz CT molecular complexity index is 653. The molecule has 0 saturated carbocycles. The van der Waals surface area contributed by atoms with Crippen molar-refractivity contribution in [1.29, 1.82) is 0 Å². The van der Waals surface area contributed by atoms with Crippen LogP contribution < -0.4 is 0 Å². The maximum atomic E-state index is 12.1. The van der Waals surface area contributed by atoms with Gasteiger partial charge in [0.15, 0.2) is 5.76 Å². The first-order valence-electron chi connectivity index (χ1n) is 7.70. The van der Waals surface area contributed by atoms with E-state index in [1.165, 1.54) is 0 Å². The number of rotatable bonds is 7. The van der Waals surface area contributed by atoms with Gasteiger partial charge in [0, 0.05) is 23.7 Å². The molecule has 2 aromatic rings. The third-order valence-electron chi connectivity index (χ3n) is 3.59. The average molecular weight is 336 g/mol.